The zero-order chi connectivity index (χ0) is 20.9. The first-order valence-corrected chi connectivity index (χ1v) is 10.3. The van der Waals surface area contributed by atoms with Gasteiger partial charge in [-0.1, -0.05) is 48.0 Å². The molecule has 6 heteroatoms. The number of hydrogen-bond donors (Lipinski definition) is 0. The van der Waals surface area contributed by atoms with Crippen LogP contribution in [0.4, 0.5) is 5.69 Å². The average molecular weight is 399 g/mol. The molecule has 0 radical (unpaired) electrons. The van der Waals surface area contributed by atoms with E-state index >= 15 is 0 Å². The standard InChI is InChI=1S/C22H26N2O3S/c1-6-16-24(28(26,27)19-14-12-17(3)13-15-19)22-11-9-8-10-20(22)21(7-2)23(5)18(4)25/h6-15,21H,1-2,16H2,3-5H3. The quantitative estimate of drug-likeness (QED) is 0.630. The Balaban J connectivity index is 2.64. The second kappa shape index (κ2) is 8.89. The van der Waals surface area contributed by atoms with Gasteiger partial charge in [0.2, 0.25) is 5.91 Å². The van der Waals surface area contributed by atoms with Crippen LogP contribution < -0.4 is 4.31 Å². The minimum absolute atomic E-state index is 0.0981. The van der Waals surface area contributed by atoms with Crippen LogP contribution in [0.5, 0.6) is 0 Å². The third kappa shape index (κ3) is 4.34. The number of amides is 1. The van der Waals surface area contributed by atoms with E-state index in [0.717, 1.165) is 5.56 Å². The molecule has 2 aromatic rings. The Hall–Kier alpha value is -2.86. The van der Waals surface area contributed by atoms with Gasteiger partial charge in [0.1, 0.15) is 0 Å². The zero-order valence-corrected chi connectivity index (χ0v) is 17.3. The van der Waals surface area contributed by atoms with E-state index in [9.17, 15) is 13.2 Å². The van der Waals surface area contributed by atoms with E-state index in [1.807, 2.05) is 19.1 Å². The van der Waals surface area contributed by atoms with Crippen LogP contribution in [0.1, 0.15) is 24.1 Å². The van der Waals surface area contributed by atoms with Crippen LogP contribution in [0.2, 0.25) is 0 Å². The second-order valence-corrected chi connectivity index (χ2v) is 8.37. The number of rotatable bonds is 8. The number of anilines is 1. The van der Waals surface area contributed by atoms with Gasteiger partial charge in [0.05, 0.1) is 23.2 Å². The molecular weight excluding hydrogens is 372 g/mol. The summed E-state index contributed by atoms with van der Waals surface area (Å²) in [7, 11) is -2.15. The zero-order valence-electron chi connectivity index (χ0n) is 16.5. The van der Waals surface area contributed by atoms with E-state index in [-0.39, 0.29) is 17.3 Å². The summed E-state index contributed by atoms with van der Waals surface area (Å²) < 4.78 is 28.1. The highest BCUT2D eigenvalue weighted by molar-refractivity contribution is 7.92. The molecule has 0 saturated heterocycles. The number of carbonyl (C=O) groups excluding carboxylic acids is 1. The Morgan fingerprint density at radius 3 is 2.25 bits per heavy atom. The largest absolute Gasteiger partial charge is 0.335 e. The van der Waals surface area contributed by atoms with Crippen molar-refractivity contribution in [1.82, 2.24) is 4.90 Å². The fourth-order valence-corrected chi connectivity index (χ4v) is 4.40. The SMILES string of the molecule is C=CCN(c1ccccc1C(C=C)N(C)C(C)=O)S(=O)(=O)c1ccc(C)cc1. The molecule has 2 rings (SSSR count). The highest BCUT2D eigenvalue weighted by atomic mass is 32.2. The minimum atomic E-state index is -3.82. The van der Waals surface area contributed by atoms with E-state index in [1.54, 1.807) is 55.6 Å². The molecule has 0 aliphatic heterocycles. The summed E-state index contributed by atoms with van der Waals surface area (Å²) in [5, 5.41) is 0. The number of sulfonamides is 1. The third-order valence-electron chi connectivity index (χ3n) is 4.57. The van der Waals surface area contributed by atoms with Gasteiger partial charge in [0.25, 0.3) is 10.0 Å². The van der Waals surface area contributed by atoms with Gasteiger partial charge in [-0.2, -0.15) is 0 Å². The molecule has 148 valence electrons. The monoisotopic (exact) mass is 398 g/mol. The maximum absolute atomic E-state index is 13.4. The summed E-state index contributed by atoms with van der Waals surface area (Å²) in [4.78, 5) is 13.6. The molecule has 0 N–H and O–H groups in total. The second-order valence-electron chi connectivity index (χ2n) is 6.51. The molecule has 0 bridgehead atoms. The molecule has 1 amide bonds. The van der Waals surface area contributed by atoms with Crippen LogP contribution in [-0.2, 0) is 14.8 Å². The smallest absolute Gasteiger partial charge is 0.264 e. The molecule has 0 spiro atoms. The lowest BCUT2D eigenvalue weighted by Gasteiger charge is -2.31. The van der Waals surface area contributed by atoms with Crippen molar-refractivity contribution in [2.24, 2.45) is 0 Å². The van der Waals surface area contributed by atoms with Crippen molar-refractivity contribution in [2.75, 3.05) is 17.9 Å². The number of para-hydroxylation sites is 1. The van der Waals surface area contributed by atoms with Crippen molar-refractivity contribution in [1.29, 1.82) is 0 Å². The van der Waals surface area contributed by atoms with Crippen LogP contribution >= 0.6 is 0 Å². The number of benzene rings is 2. The Morgan fingerprint density at radius 1 is 1.11 bits per heavy atom. The highest BCUT2D eigenvalue weighted by Crippen LogP contribution is 2.33. The van der Waals surface area contributed by atoms with Crippen molar-refractivity contribution in [2.45, 2.75) is 24.8 Å². The molecule has 0 aliphatic rings. The Kier molecular flexibility index (Phi) is 6.80. The van der Waals surface area contributed by atoms with Gasteiger partial charge < -0.3 is 4.90 Å². The van der Waals surface area contributed by atoms with Crippen LogP contribution in [0.3, 0.4) is 0 Å². The molecule has 1 atom stereocenters. The molecule has 28 heavy (non-hydrogen) atoms. The summed E-state index contributed by atoms with van der Waals surface area (Å²) in [5.74, 6) is -0.142. The maximum Gasteiger partial charge on any atom is 0.264 e. The first-order valence-electron chi connectivity index (χ1n) is 8.89. The summed E-state index contributed by atoms with van der Waals surface area (Å²) in [6.45, 7) is 11.0. The molecule has 5 nitrogen and oxygen atoms in total. The van der Waals surface area contributed by atoms with Crippen molar-refractivity contribution < 1.29 is 13.2 Å². The number of carbonyl (C=O) groups is 1. The van der Waals surface area contributed by atoms with Crippen molar-refractivity contribution in [3.63, 3.8) is 0 Å². The van der Waals surface area contributed by atoms with Crippen molar-refractivity contribution in [3.05, 3.63) is 85.0 Å². The van der Waals surface area contributed by atoms with Crippen LogP contribution in [0.15, 0.2) is 78.7 Å². The normalized spacial score (nSPS) is 12.1. The maximum atomic E-state index is 13.4. The van der Waals surface area contributed by atoms with Gasteiger partial charge in [0.15, 0.2) is 0 Å². The molecule has 0 aromatic heterocycles. The van der Waals surface area contributed by atoms with E-state index in [1.165, 1.54) is 16.1 Å². The van der Waals surface area contributed by atoms with E-state index in [0.29, 0.717) is 11.3 Å². The van der Waals surface area contributed by atoms with Gasteiger partial charge in [-0.25, -0.2) is 8.42 Å². The lowest BCUT2D eigenvalue weighted by molar-refractivity contribution is -0.128. The Labute approximate surface area is 167 Å². The summed E-state index contributed by atoms with van der Waals surface area (Å²) in [6, 6.07) is 13.4. The predicted octanol–water partition coefficient (Wildman–Crippen LogP) is 4.08. The van der Waals surface area contributed by atoms with Crippen molar-refractivity contribution in [3.8, 4) is 0 Å². The topological polar surface area (TPSA) is 57.7 Å². The lowest BCUT2D eigenvalue weighted by Crippen LogP contribution is -2.34. The van der Waals surface area contributed by atoms with Gasteiger partial charge in [-0.15, -0.1) is 13.2 Å². The predicted molar refractivity (Wildman–Crippen MR) is 114 cm³/mol. The summed E-state index contributed by atoms with van der Waals surface area (Å²) in [5.41, 5.74) is 2.14. The van der Waals surface area contributed by atoms with Crippen LogP contribution in [-0.4, -0.2) is 32.8 Å². The minimum Gasteiger partial charge on any atom is -0.335 e. The first-order chi connectivity index (χ1) is 13.2. The van der Waals surface area contributed by atoms with Gasteiger partial charge >= 0.3 is 0 Å². The van der Waals surface area contributed by atoms with E-state index < -0.39 is 16.1 Å². The summed E-state index contributed by atoms with van der Waals surface area (Å²) in [6.07, 6.45) is 3.17. The van der Waals surface area contributed by atoms with Crippen LogP contribution in [0, 0.1) is 6.92 Å². The average Bonchev–Trinajstić information content (AvgIpc) is 2.67. The highest BCUT2D eigenvalue weighted by Gasteiger charge is 2.28. The lowest BCUT2D eigenvalue weighted by atomic mass is 10.0. The number of aryl methyl sites for hydroxylation is 1. The number of hydrogen-bond acceptors (Lipinski definition) is 3. The van der Waals surface area contributed by atoms with Gasteiger partial charge in [-0.05, 0) is 25.1 Å². The van der Waals surface area contributed by atoms with Gasteiger partial charge in [0, 0.05) is 19.5 Å². The molecule has 0 saturated carbocycles. The van der Waals surface area contributed by atoms with Crippen LogP contribution in [0.25, 0.3) is 0 Å². The first kappa shape index (κ1) is 21.4. The number of nitrogens with zero attached hydrogens (tertiary/aromatic N) is 2. The van der Waals surface area contributed by atoms with E-state index in [2.05, 4.69) is 13.2 Å². The molecule has 0 fully saturated rings. The van der Waals surface area contributed by atoms with E-state index in [4.69, 9.17) is 0 Å². The Bertz CT molecular complexity index is 966. The summed E-state index contributed by atoms with van der Waals surface area (Å²) >= 11 is 0. The van der Waals surface area contributed by atoms with Crippen molar-refractivity contribution >= 4 is 21.6 Å². The van der Waals surface area contributed by atoms with Gasteiger partial charge in [-0.3, -0.25) is 9.10 Å². The third-order valence-corrected chi connectivity index (χ3v) is 6.36. The fourth-order valence-electron chi connectivity index (χ4n) is 2.94. The molecule has 0 aliphatic carbocycles. The molecule has 2 aromatic carbocycles. The number of likely N-dealkylation sites (N-methyl/N-ethyl adjacent to an activating group) is 1. The Morgan fingerprint density at radius 2 is 1.71 bits per heavy atom. The fraction of sp³-hybridized carbons (Fsp3) is 0.227. The molecule has 1 unspecified atom stereocenters. The molecule has 0 heterocycles. The molecular formula is C22H26N2O3S.